The van der Waals surface area contributed by atoms with Crippen LogP contribution in [0.4, 0.5) is 5.69 Å². The third kappa shape index (κ3) is 3.10. The van der Waals surface area contributed by atoms with Gasteiger partial charge in [0.25, 0.3) is 0 Å². The second-order valence-corrected chi connectivity index (χ2v) is 7.70. The molecule has 0 aromatic carbocycles. The predicted molar refractivity (Wildman–Crippen MR) is 116 cm³/mol. The van der Waals surface area contributed by atoms with Crippen LogP contribution in [0.15, 0.2) is 48.9 Å². The number of amides is 1. The molecule has 0 saturated heterocycles. The Balaban J connectivity index is 1.37. The van der Waals surface area contributed by atoms with Crippen molar-refractivity contribution in [1.29, 1.82) is 0 Å². The summed E-state index contributed by atoms with van der Waals surface area (Å²) in [6.45, 7) is 0. The highest BCUT2D eigenvalue weighted by Crippen LogP contribution is 2.29. The lowest BCUT2D eigenvalue weighted by Gasteiger charge is -2.24. The molecule has 0 spiro atoms. The van der Waals surface area contributed by atoms with Gasteiger partial charge in [-0.25, -0.2) is 15.0 Å². The molecule has 31 heavy (non-hydrogen) atoms. The number of aromatic amines is 2. The Bertz CT molecular complexity index is 1400. The zero-order valence-corrected chi connectivity index (χ0v) is 16.5. The van der Waals surface area contributed by atoms with Crippen molar-refractivity contribution in [2.24, 2.45) is 5.92 Å². The first-order valence-corrected chi connectivity index (χ1v) is 10.2. The Morgan fingerprint density at radius 3 is 2.87 bits per heavy atom. The van der Waals surface area contributed by atoms with Gasteiger partial charge in [-0.1, -0.05) is 6.42 Å². The third-order valence-corrected chi connectivity index (χ3v) is 5.67. The average Bonchev–Trinajstić information content (AvgIpc) is 3.36. The van der Waals surface area contributed by atoms with Crippen LogP contribution in [0.2, 0.25) is 0 Å². The standard InChI is InChI=1S/C22H18N8O/c31-22(12-3-1-4-12)25-14-9-13(10-23-11-14)15-6-7-16-18(26-15)19(30-29-16)21-27-17-5-2-8-24-20(17)28-21/h2,5-12H,1,3-4H2,(H,25,31)(H,29,30)(H,24,27,28). The molecular formula is C22H18N8O. The molecular weight excluding hydrogens is 392 g/mol. The van der Waals surface area contributed by atoms with Gasteiger partial charge in [-0.3, -0.25) is 14.9 Å². The van der Waals surface area contributed by atoms with Crippen molar-refractivity contribution in [2.45, 2.75) is 19.3 Å². The molecule has 0 bridgehead atoms. The summed E-state index contributed by atoms with van der Waals surface area (Å²) in [6, 6.07) is 9.49. The molecule has 9 heteroatoms. The van der Waals surface area contributed by atoms with E-state index in [-0.39, 0.29) is 11.8 Å². The molecule has 0 atom stereocenters. The number of H-pyrrole nitrogens is 2. The molecule has 5 aromatic heterocycles. The summed E-state index contributed by atoms with van der Waals surface area (Å²) in [7, 11) is 0. The molecule has 1 aliphatic rings. The van der Waals surface area contributed by atoms with Gasteiger partial charge in [0.2, 0.25) is 5.91 Å². The molecule has 0 radical (unpaired) electrons. The van der Waals surface area contributed by atoms with Crippen LogP contribution in [-0.2, 0) is 4.79 Å². The first kappa shape index (κ1) is 17.7. The largest absolute Gasteiger partial charge is 0.335 e. The minimum Gasteiger partial charge on any atom is -0.335 e. The summed E-state index contributed by atoms with van der Waals surface area (Å²) in [5, 5.41) is 10.4. The van der Waals surface area contributed by atoms with Gasteiger partial charge in [0.05, 0.1) is 28.6 Å². The normalized spacial score (nSPS) is 14.1. The predicted octanol–water partition coefficient (Wildman–Crippen LogP) is 3.70. The van der Waals surface area contributed by atoms with Crippen molar-refractivity contribution < 1.29 is 4.79 Å². The molecule has 6 rings (SSSR count). The maximum Gasteiger partial charge on any atom is 0.227 e. The maximum absolute atomic E-state index is 12.3. The first-order chi connectivity index (χ1) is 15.2. The van der Waals surface area contributed by atoms with Crippen LogP contribution >= 0.6 is 0 Å². The molecule has 1 amide bonds. The Morgan fingerprint density at radius 2 is 2.03 bits per heavy atom. The number of anilines is 1. The van der Waals surface area contributed by atoms with E-state index in [0.29, 0.717) is 28.4 Å². The van der Waals surface area contributed by atoms with Gasteiger partial charge in [0.15, 0.2) is 17.2 Å². The Hall–Kier alpha value is -4.14. The quantitative estimate of drug-likeness (QED) is 0.415. The van der Waals surface area contributed by atoms with E-state index in [0.717, 1.165) is 41.6 Å². The van der Waals surface area contributed by atoms with Crippen LogP contribution in [0.5, 0.6) is 0 Å². The molecule has 5 heterocycles. The molecule has 9 nitrogen and oxygen atoms in total. The smallest absolute Gasteiger partial charge is 0.227 e. The Labute approximate surface area is 176 Å². The van der Waals surface area contributed by atoms with Gasteiger partial charge in [0, 0.05) is 23.9 Å². The number of hydrogen-bond acceptors (Lipinski definition) is 6. The maximum atomic E-state index is 12.3. The number of carbonyl (C=O) groups excluding carboxylic acids is 1. The van der Waals surface area contributed by atoms with Crippen LogP contribution in [0.25, 0.3) is 45.0 Å². The van der Waals surface area contributed by atoms with Gasteiger partial charge in [-0.15, -0.1) is 0 Å². The minimum atomic E-state index is 0.0595. The van der Waals surface area contributed by atoms with E-state index in [1.807, 2.05) is 30.3 Å². The summed E-state index contributed by atoms with van der Waals surface area (Å²) in [5.74, 6) is 0.776. The molecule has 0 unspecified atom stereocenters. The Morgan fingerprint density at radius 1 is 1.10 bits per heavy atom. The summed E-state index contributed by atoms with van der Waals surface area (Å²) in [6.07, 6.45) is 8.13. The fourth-order valence-corrected chi connectivity index (χ4v) is 3.75. The van der Waals surface area contributed by atoms with Gasteiger partial charge in [-0.2, -0.15) is 5.10 Å². The number of pyridine rings is 3. The van der Waals surface area contributed by atoms with Gasteiger partial charge in [-0.05, 0) is 43.2 Å². The monoisotopic (exact) mass is 410 g/mol. The van der Waals surface area contributed by atoms with Crippen molar-refractivity contribution in [3.63, 3.8) is 0 Å². The van der Waals surface area contributed by atoms with Crippen molar-refractivity contribution in [1.82, 2.24) is 35.1 Å². The Kier molecular flexibility index (Phi) is 3.98. The second kappa shape index (κ2) is 6.98. The van der Waals surface area contributed by atoms with Gasteiger partial charge < -0.3 is 10.3 Å². The fraction of sp³-hybridized carbons (Fsp3) is 0.182. The molecule has 1 saturated carbocycles. The van der Waals surface area contributed by atoms with Crippen molar-refractivity contribution in [3.05, 3.63) is 48.9 Å². The molecule has 152 valence electrons. The van der Waals surface area contributed by atoms with Crippen LogP contribution in [0.1, 0.15) is 19.3 Å². The number of nitrogens with zero attached hydrogens (tertiary/aromatic N) is 5. The second-order valence-electron chi connectivity index (χ2n) is 7.70. The lowest BCUT2D eigenvalue weighted by molar-refractivity contribution is -0.122. The molecule has 5 aromatic rings. The van der Waals surface area contributed by atoms with E-state index in [1.54, 1.807) is 18.6 Å². The SMILES string of the molecule is O=C(Nc1cncc(-c2ccc3[nH]nc(-c4nc5ncccc5[nH]4)c3n2)c1)C1CCC1. The van der Waals surface area contributed by atoms with E-state index in [4.69, 9.17) is 4.98 Å². The number of rotatable bonds is 4. The first-order valence-electron chi connectivity index (χ1n) is 10.2. The summed E-state index contributed by atoms with van der Waals surface area (Å²) in [5.41, 5.74) is 5.80. The van der Waals surface area contributed by atoms with Crippen LogP contribution in [0.3, 0.4) is 0 Å². The summed E-state index contributed by atoms with van der Waals surface area (Å²) >= 11 is 0. The van der Waals surface area contributed by atoms with Crippen LogP contribution in [0, 0.1) is 5.92 Å². The summed E-state index contributed by atoms with van der Waals surface area (Å²) < 4.78 is 0. The minimum absolute atomic E-state index is 0.0595. The highest BCUT2D eigenvalue weighted by atomic mass is 16.1. The van der Waals surface area contributed by atoms with Crippen molar-refractivity contribution >= 4 is 33.8 Å². The van der Waals surface area contributed by atoms with Gasteiger partial charge >= 0.3 is 0 Å². The zero-order chi connectivity index (χ0) is 20.8. The van der Waals surface area contributed by atoms with Crippen LogP contribution in [-0.4, -0.2) is 41.0 Å². The highest BCUT2D eigenvalue weighted by Gasteiger charge is 2.25. The van der Waals surface area contributed by atoms with E-state index >= 15 is 0 Å². The summed E-state index contributed by atoms with van der Waals surface area (Å²) in [4.78, 5) is 33.4. The molecule has 1 aliphatic carbocycles. The van der Waals surface area contributed by atoms with E-state index in [2.05, 4.69) is 35.5 Å². The molecule has 1 fully saturated rings. The van der Waals surface area contributed by atoms with E-state index < -0.39 is 0 Å². The molecule has 3 N–H and O–H groups in total. The van der Waals surface area contributed by atoms with E-state index in [1.165, 1.54) is 0 Å². The molecule has 0 aliphatic heterocycles. The lowest BCUT2D eigenvalue weighted by Crippen LogP contribution is -2.28. The topological polar surface area (TPSA) is 125 Å². The van der Waals surface area contributed by atoms with Crippen molar-refractivity contribution in [2.75, 3.05) is 5.32 Å². The van der Waals surface area contributed by atoms with Gasteiger partial charge in [0.1, 0.15) is 5.52 Å². The third-order valence-electron chi connectivity index (χ3n) is 5.67. The number of hydrogen-bond donors (Lipinski definition) is 3. The van der Waals surface area contributed by atoms with Crippen molar-refractivity contribution in [3.8, 4) is 22.8 Å². The van der Waals surface area contributed by atoms with Crippen LogP contribution < -0.4 is 5.32 Å². The highest BCUT2D eigenvalue weighted by molar-refractivity contribution is 5.94. The number of aromatic nitrogens is 7. The average molecular weight is 410 g/mol. The fourth-order valence-electron chi connectivity index (χ4n) is 3.75. The lowest BCUT2D eigenvalue weighted by atomic mass is 9.85. The number of fused-ring (bicyclic) bond motifs is 2. The van der Waals surface area contributed by atoms with E-state index in [9.17, 15) is 4.79 Å². The number of nitrogens with one attached hydrogen (secondary N) is 3. The number of carbonyl (C=O) groups is 1. The zero-order valence-electron chi connectivity index (χ0n) is 16.5. The number of imidazole rings is 1.